The van der Waals surface area contributed by atoms with Gasteiger partial charge in [0.1, 0.15) is 5.75 Å². The van der Waals surface area contributed by atoms with Gasteiger partial charge in [0.15, 0.2) is 6.61 Å². The number of rotatable bonds is 7. The summed E-state index contributed by atoms with van der Waals surface area (Å²) in [6.07, 6.45) is -4.37. The summed E-state index contributed by atoms with van der Waals surface area (Å²) in [7, 11) is 3.50. The van der Waals surface area contributed by atoms with E-state index in [2.05, 4.69) is 5.32 Å². The molecule has 1 atom stereocenters. The predicted molar refractivity (Wildman–Crippen MR) is 87.0 cm³/mol. The van der Waals surface area contributed by atoms with E-state index in [1.807, 2.05) is 6.92 Å². The number of hydrogen-bond acceptors (Lipinski definition) is 3. The summed E-state index contributed by atoms with van der Waals surface area (Å²) in [6, 6.07) is 3.51. The smallest absolute Gasteiger partial charge is 0.422 e. The molecule has 0 bridgehead atoms. The van der Waals surface area contributed by atoms with E-state index < -0.39 is 12.8 Å². The van der Waals surface area contributed by atoms with Crippen molar-refractivity contribution in [1.82, 2.24) is 10.2 Å². The molecule has 1 aromatic carbocycles. The lowest BCUT2D eigenvalue weighted by Crippen LogP contribution is -2.35. The number of nitrogens with one attached hydrogen (secondary N) is 1. The van der Waals surface area contributed by atoms with Crippen LogP contribution in [-0.2, 0) is 11.3 Å². The number of benzene rings is 1. The number of carbonyl (C=O) groups excluding carboxylic acids is 1. The molecule has 7 heteroatoms. The van der Waals surface area contributed by atoms with Crippen LogP contribution in [-0.4, -0.2) is 44.2 Å². The van der Waals surface area contributed by atoms with Crippen LogP contribution in [0.1, 0.15) is 23.6 Å². The second-order valence-electron chi connectivity index (χ2n) is 6.12. The third-order valence-electron chi connectivity index (χ3n) is 3.63. The summed E-state index contributed by atoms with van der Waals surface area (Å²) in [5.41, 5.74) is 2.11. The number of aryl methyl sites for hydroxylation is 2. The van der Waals surface area contributed by atoms with Gasteiger partial charge in [0.05, 0.1) is 0 Å². The maximum Gasteiger partial charge on any atom is 0.422 e. The minimum Gasteiger partial charge on any atom is -0.484 e. The van der Waals surface area contributed by atoms with Crippen molar-refractivity contribution in [3.05, 3.63) is 28.8 Å². The van der Waals surface area contributed by atoms with Crippen molar-refractivity contribution in [2.45, 2.75) is 33.5 Å². The van der Waals surface area contributed by atoms with Gasteiger partial charge < -0.3 is 15.0 Å². The first-order valence-corrected chi connectivity index (χ1v) is 7.74. The Morgan fingerprint density at radius 2 is 1.83 bits per heavy atom. The number of hydrogen-bond donors (Lipinski definition) is 1. The number of ether oxygens (including phenoxy) is 1. The molecule has 1 aromatic rings. The van der Waals surface area contributed by atoms with Gasteiger partial charge >= 0.3 is 6.18 Å². The first-order valence-electron chi connectivity index (χ1n) is 7.74. The highest BCUT2D eigenvalue weighted by Crippen LogP contribution is 2.27. The molecule has 0 radical (unpaired) electrons. The highest BCUT2D eigenvalue weighted by molar-refractivity contribution is 5.78. The van der Waals surface area contributed by atoms with Crippen LogP contribution in [0.15, 0.2) is 12.1 Å². The number of carbonyl (C=O) groups is 1. The molecule has 1 rings (SSSR count). The van der Waals surface area contributed by atoms with E-state index in [-0.39, 0.29) is 17.6 Å². The van der Waals surface area contributed by atoms with E-state index in [1.54, 1.807) is 45.0 Å². The Labute approximate surface area is 141 Å². The topological polar surface area (TPSA) is 41.6 Å². The third-order valence-corrected chi connectivity index (χ3v) is 3.63. The van der Waals surface area contributed by atoms with E-state index in [9.17, 15) is 18.0 Å². The number of halogens is 3. The van der Waals surface area contributed by atoms with Gasteiger partial charge in [-0.2, -0.15) is 13.2 Å². The van der Waals surface area contributed by atoms with Crippen LogP contribution in [0.2, 0.25) is 0 Å². The summed E-state index contributed by atoms with van der Waals surface area (Å²) in [5.74, 6) is 0.113. The van der Waals surface area contributed by atoms with Crippen LogP contribution >= 0.6 is 0 Å². The van der Waals surface area contributed by atoms with Crippen LogP contribution in [0.5, 0.6) is 5.75 Å². The zero-order valence-electron chi connectivity index (χ0n) is 14.8. The molecule has 0 fully saturated rings. The largest absolute Gasteiger partial charge is 0.484 e. The second-order valence-corrected chi connectivity index (χ2v) is 6.12. The first kappa shape index (κ1) is 20.3. The van der Waals surface area contributed by atoms with Crippen LogP contribution in [0.25, 0.3) is 0 Å². The number of alkyl halides is 3. The molecule has 0 saturated carbocycles. The molecule has 0 heterocycles. The highest BCUT2D eigenvalue weighted by Gasteiger charge is 2.29. The molecule has 136 valence electrons. The van der Waals surface area contributed by atoms with E-state index in [0.717, 1.165) is 5.56 Å². The molecule has 4 nitrogen and oxygen atoms in total. The van der Waals surface area contributed by atoms with Gasteiger partial charge in [0.25, 0.3) is 0 Å². The van der Waals surface area contributed by atoms with Gasteiger partial charge in [-0.3, -0.25) is 4.79 Å². The normalized spacial score (nSPS) is 12.8. The summed E-state index contributed by atoms with van der Waals surface area (Å²) < 4.78 is 41.8. The Morgan fingerprint density at radius 1 is 1.29 bits per heavy atom. The average Bonchev–Trinajstić information content (AvgIpc) is 2.44. The standard InChI is InChI=1S/C17H25F3N2O2/c1-11-6-14(9-22(5)16(23)13(3)8-21-4)7-12(2)15(11)24-10-17(18,19)20/h6-7,13,21H,8-10H2,1-5H3. The fourth-order valence-electron chi connectivity index (χ4n) is 2.63. The summed E-state index contributed by atoms with van der Waals surface area (Å²) in [6.45, 7) is 4.93. The Kier molecular flexibility index (Phi) is 7.08. The van der Waals surface area contributed by atoms with Gasteiger partial charge in [-0.1, -0.05) is 19.1 Å². The SMILES string of the molecule is CNCC(C)C(=O)N(C)Cc1cc(C)c(OCC(F)(F)F)c(C)c1. The third kappa shape index (κ3) is 6.03. The molecule has 1 N–H and O–H groups in total. The summed E-state index contributed by atoms with van der Waals surface area (Å²) >= 11 is 0. The maximum atomic E-state index is 12.3. The molecule has 1 unspecified atom stereocenters. The minimum absolute atomic E-state index is 0.0112. The molecule has 0 saturated heterocycles. The van der Waals surface area contributed by atoms with Crippen molar-refractivity contribution < 1.29 is 22.7 Å². The molecular weight excluding hydrogens is 321 g/mol. The zero-order chi connectivity index (χ0) is 18.5. The van der Waals surface area contributed by atoms with Gasteiger partial charge in [-0.05, 0) is 37.6 Å². The first-order chi connectivity index (χ1) is 11.0. The summed E-state index contributed by atoms with van der Waals surface area (Å²) in [5, 5.41) is 2.96. The summed E-state index contributed by atoms with van der Waals surface area (Å²) in [4.78, 5) is 13.8. The Hall–Kier alpha value is -1.76. The van der Waals surface area contributed by atoms with E-state index >= 15 is 0 Å². The number of nitrogens with zero attached hydrogens (tertiary/aromatic N) is 1. The number of amides is 1. The average molecular weight is 346 g/mol. The van der Waals surface area contributed by atoms with Crippen molar-refractivity contribution in [2.24, 2.45) is 5.92 Å². The second kappa shape index (κ2) is 8.37. The van der Waals surface area contributed by atoms with Crippen LogP contribution in [0.4, 0.5) is 13.2 Å². The molecule has 0 aliphatic heterocycles. The van der Waals surface area contributed by atoms with Crippen molar-refractivity contribution in [3.63, 3.8) is 0 Å². The predicted octanol–water partition coefficient (Wildman–Crippen LogP) is 3.06. The van der Waals surface area contributed by atoms with Gasteiger partial charge in [0, 0.05) is 26.1 Å². The van der Waals surface area contributed by atoms with Crippen molar-refractivity contribution in [1.29, 1.82) is 0 Å². The van der Waals surface area contributed by atoms with Gasteiger partial charge in [-0.25, -0.2) is 0 Å². The van der Waals surface area contributed by atoms with E-state index in [4.69, 9.17) is 4.74 Å². The van der Waals surface area contributed by atoms with Crippen molar-refractivity contribution in [2.75, 3.05) is 27.2 Å². The lowest BCUT2D eigenvalue weighted by Gasteiger charge is -2.22. The van der Waals surface area contributed by atoms with Crippen molar-refractivity contribution in [3.8, 4) is 5.75 Å². The lowest BCUT2D eigenvalue weighted by molar-refractivity contribution is -0.153. The molecule has 24 heavy (non-hydrogen) atoms. The molecule has 0 aliphatic rings. The Bertz CT molecular complexity index is 550. The van der Waals surface area contributed by atoms with Crippen molar-refractivity contribution >= 4 is 5.91 Å². The lowest BCUT2D eigenvalue weighted by atomic mass is 10.0. The van der Waals surface area contributed by atoms with Crippen LogP contribution in [0, 0.1) is 19.8 Å². The van der Waals surface area contributed by atoms with Crippen LogP contribution in [0.3, 0.4) is 0 Å². The fourth-order valence-corrected chi connectivity index (χ4v) is 2.63. The monoisotopic (exact) mass is 346 g/mol. The Balaban J connectivity index is 2.83. The minimum atomic E-state index is -4.37. The van der Waals surface area contributed by atoms with Crippen LogP contribution < -0.4 is 10.1 Å². The molecule has 0 aromatic heterocycles. The molecule has 0 aliphatic carbocycles. The van der Waals surface area contributed by atoms with E-state index in [1.165, 1.54) is 0 Å². The van der Waals surface area contributed by atoms with E-state index in [0.29, 0.717) is 24.2 Å². The fraction of sp³-hybridized carbons (Fsp3) is 0.588. The maximum absolute atomic E-state index is 12.3. The molecule has 1 amide bonds. The van der Waals surface area contributed by atoms with Gasteiger partial charge in [-0.15, -0.1) is 0 Å². The molecular formula is C17H25F3N2O2. The quantitative estimate of drug-likeness (QED) is 0.825. The Morgan fingerprint density at radius 3 is 2.29 bits per heavy atom. The highest BCUT2D eigenvalue weighted by atomic mass is 19.4. The molecule has 0 spiro atoms. The zero-order valence-corrected chi connectivity index (χ0v) is 14.8. The van der Waals surface area contributed by atoms with Gasteiger partial charge in [0.2, 0.25) is 5.91 Å².